The SMILES string of the molecule is Cc1ccc(N)cc1S(=O)Cc1ccc(F)c(Cl)c1. The van der Waals surface area contributed by atoms with Gasteiger partial charge in [0.1, 0.15) is 5.82 Å². The van der Waals surface area contributed by atoms with Crippen LogP contribution in [-0.2, 0) is 16.6 Å². The summed E-state index contributed by atoms with van der Waals surface area (Å²) in [6.07, 6.45) is 0. The molecule has 1 unspecified atom stereocenters. The van der Waals surface area contributed by atoms with Gasteiger partial charge in [-0.1, -0.05) is 23.7 Å². The van der Waals surface area contributed by atoms with Gasteiger partial charge in [0, 0.05) is 10.6 Å². The fraction of sp³-hybridized carbons (Fsp3) is 0.143. The van der Waals surface area contributed by atoms with E-state index in [0.717, 1.165) is 11.1 Å². The molecule has 5 heteroatoms. The highest BCUT2D eigenvalue weighted by molar-refractivity contribution is 7.84. The summed E-state index contributed by atoms with van der Waals surface area (Å²) in [5, 5.41) is 0.0406. The number of halogens is 2. The summed E-state index contributed by atoms with van der Waals surface area (Å²) in [6.45, 7) is 1.88. The number of anilines is 1. The zero-order valence-electron chi connectivity index (χ0n) is 10.3. The van der Waals surface area contributed by atoms with Gasteiger partial charge in [0.25, 0.3) is 0 Å². The van der Waals surface area contributed by atoms with Gasteiger partial charge < -0.3 is 5.73 Å². The first-order valence-electron chi connectivity index (χ1n) is 5.66. The number of nitrogens with two attached hydrogens (primary N) is 1. The summed E-state index contributed by atoms with van der Waals surface area (Å²) in [4.78, 5) is 0.695. The van der Waals surface area contributed by atoms with Crippen molar-refractivity contribution in [3.05, 3.63) is 58.4 Å². The molecule has 100 valence electrons. The number of rotatable bonds is 3. The van der Waals surface area contributed by atoms with Crippen LogP contribution in [0.3, 0.4) is 0 Å². The highest BCUT2D eigenvalue weighted by Gasteiger charge is 2.10. The quantitative estimate of drug-likeness (QED) is 0.878. The Hall–Kier alpha value is -1.39. The van der Waals surface area contributed by atoms with Crippen LogP contribution in [0.4, 0.5) is 10.1 Å². The molecule has 0 saturated carbocycles. The molecular formula is C14H13ClFNOS. The summed E-state index contributed by atoms with van der Waals surface area (Å²) in [6, 6.07) is 9.67. The van der Waals surface area contributed by atoms with Crippen LogP contribution < -0.4 is 5.73 Å². The predicted molar refractivity (Wildman–Crippen MR) is 77.1 cm³/mol. The molecule has 19 heavy (non-hydrogen) atoms. The molecule has 2 aromatic carbocycles. The lowest BCUT2D eigenvalue weighted by Gasteiger charge is -2.07. The number of benzene rings is 2. The fourth-order valence-corrected chi connectivity index (χ4v) is 3.26. The molecule has 2 aromatic rings. The van der Waals surface area contributed by atoms with Crippen molar-refractivity contribution in [3.63, 3.8) is 0 Å². The third kappa shape index (κ3) is 3.33. The highest BCUT2D eigenvalue weighted by Crippen LogP contribution is 2.22. The number of nitrogen functional groups attached to an aromatic ring is 1. The first kappa shape index (κ1) is 14.0. The maximum absolute atomic E-state index is 13.1. The summed E-state index contributed by atoms with van der Waals surface area (Å²) in [7, 11) is -1.23. The van der Waals surface area contributed by atoms with Crippen LogP contribution in [0.25, 0.3) is 0 Å². The monoisotopic (exact) mass is 297 g/mol. The molecule has 1 atom stereocenters. The van der Waals surface area contributed by atoms with Crippen LogP contribution >= 0.6 is 11.6 Å². The molecule has 0 fully saturated rings. The molecule has 0 amide bonds. The first-order valence-corrected chi connectivity index (χ1v) is 7.35. The van der Waals surface area contributed by atoms with E-state index < -0.39 is 16.6 Å². The van der Waals surface area contributed by atoms with Crippen LogP contribution in [0.2, 0.25) is 5.02 Å². The van der Waals surface area contributed by atoms with E-state index in [2.05, 4.69) is 0 Å². The Morgan fingerprint density at radius 2 is 2.00 bits per heavy atom. The Labute approximate surface area is 118 Å². The Kier molecular flexibility index (Phi) is 4.22. The Morgan fingerprint density at radius 3 is 2.68 bits per heavy atom. The van der Waals surface area contributed by atoms with Crippen LogP contribution in [0, 0.1) is 12.7 Å². The summed E-state index contributed by atoms with van der Waals surface area (Å²) in [5.74, 6) is -0.194. The van der Waals surface area contributed by atoms with Gasteiger partial charge in [-0.2, -0.15) is 0 Å². The molecule has 2 nitrogen and oxygen atoms in total. The molecule has 0 spiro atoms. The minimum atomic E-state index is -1.23. The van der Waals surface area contributed by atoms with E-state index >= 15 is 0 Å². The van der Waals surface area contributed by atoms with Crippen molar-refractivity contribution in [1.29, 1.82) is 0 Å². The van der Waals surface area contributed by atoms with E-state index in [1.807, 2.05) is 13.0 Å². The maximum Gasteiger partial charge on any atom is 0.141 e. The van der Waals surface area contributed by atoms with Gasteiger partial charge in [-0.25, -0.2) is 4.39 Å². The molecule has 2 N–H and O–H groups in total. The van der Waals surface area contributed by atoms with Crippen molar-refractivity contribution in [2.45, 2.75) is 17.6 Å². The lowest BCUT2D eigenvalue weighted by Crippen LogP contribution is -2.00. The van der Waals surface area contributed by atoms with Gasteiger partial charge in [0.15, 0.2) is 0 Å². The largest absolute Gasteiger partial charge is 0.399 e. The second-order valence-corrected chi connectivity index (χ2v) is 6.09. The van der Waals surface area contributed by atoms with E-state index in [-0.39, 0.29) is 10.8 Å². The average Bonchev–Trinajstić information content (AvgIpc) is 2.36. The Morgan fingerprint density at radius 1 is 1.26 bits per heavy atom. The second-order valence-electron chi connectivity index (χ2n) is 4.26. The minimum absolute atomic E-state index is 0.0406. The molecule has 0 heterocycles. The van der Waals surface area contributed by atoms with E-state index in [4.69, 9.17) is 17.3 Å². The molecular weight excluding hydrogens is 285 g/mol. The van der Waals surface area contributed by atoms with Crippen molar-refractivity contribution in [3.8, 4) is 0 Å². The van der Waals surface area contributed by atoms with Crippen LogP contribution in [0.1, 0.15) is 11.1 Å². The molecule has 2 rings (SSSR count). The summed E-state index contributed by atoms with van der Waals surface area (Å²) in [5.41, 5.74) is 7.92. The van der Waals surface area contributed by atoms with Crippen molar-refractivity contribution in [1.82, 2.24) is 0 Å². The molecule has 0 radical (unpaired) electrons. The zero-order valence-corrected chi connectivity index (χ0v) is 11.9. The fourth-order valence-electron chi connectivity index (χ4n) is 1.72. The number of aryl methyl sites for hydroxylation is 1. The van der Waals surface area contributed by atoms with Crippen LogP contribution in [-0.4, -0.2) is 4.21 Å². The number of hydrogen-bond acceptors (Lipinski definition) is 2. The third-order valence-corrected chi connectivity index (χ3v) is 4.55. The predicted octanol–water partition coefficient (Wildman–Crippen LogP) is 3.68. The average molecular weight is 298 g/mol. The number of hydrogen-bond donors (Lipinski definition) is 1. The van der Waals surface area contributed by atoms with Crippen LogP contribution in [0.15, 0.2) is 41.3 Å². The van der Waals surface area contributed by atoms with Gasteiger partial charge in [-0.15, -0.1) is 0 Å². The lowest BCUT2D eigenvalue weighted by molar-refractivity contribution is 0.627. The summed E-state index contributed by atoms with van der Waals surface area (Å²) >= 11 is 5.71. The van der Waals surface area contributed by atoms with Gasteiger partial charge >= 0.3 is 0 Å². The standard InChI is InChI=1S/C14H13ClFNOS/c1-9-2-4-11(17)7-14(9)19(18)8-10-3-5-13(16)12(15)6-10/h2-7H,8,17H2,1H3. The first-order chi connectivity index (χ1) is 8.97. The van der Waals surface area contributed by atoms with E-state index in [0.29, 0.717) is 10.6 Å². The minimum Gasteiger partial charge on any atom is -0.399 e. The van der Waals surface area contributed by atoms with Crippen LogP contribution in [0.5, 0.6) is 0 Å². The Bertz CT molecular complexity index is 645. The normalized spacial score (nSPS) is 12.4. The smallest absolute Gasteiger partial charge is 0.141 e. The molecule has 0 aliphatic heterocycles. The maximum atomic E-state index is 13.1. The summed E-state index contributed by atoms with van der Waals surface area (Å²) < 4.78 is 25.4. The van der Waals surface area contributed by atoms with Gasteiger partial charge in [0.05, 0.1) is 21.6 Å². The Balaban J connectivity index is 2.25. The van der Waals surface area contributed by atoms with Gasteiger partial charge in [0.2, 0.25) is 0 Å². The molecule has 0 bridgehead atoms. The van der Waals surface area contributed by atoms with E-state index in [1.165, 1.54) is 12.1 Å². The zero-order chi connectivity index (χ0) is 14.0. The topological polar surface area (TPSA) is 43.1 Å². The van der Waals surface area contributed by atoms with E-state index in [9.17, 15) is 8.60 Å². The molecule has 0 saturated heterocycles. The van der Waals surface area contributed by atoms with Crippen molar-refractivity contribution in [2.75, 3.05) is 5.73 Å². The molecule has 0 aromatic heterocycles. The van der Waals surface area contributed by atoms with E-state index in [1.54, 1.807) is 18.2 Å². The lowest BCUT2D eigenvalue weighted by atomic mass is 10.2. The van der Waals surface area contributed by atoms with Crippen molar-refractivity contribution in [2.24, 2.45) is 0 Å². The van der Waals surface area contributed by atoms with Crippen molar-refractivity contribution < 1.29 is 8.60 Å². The molecule has 0 aliphatic rings. The van der Waals surface area contributed by atoms with Crippen molar-refractivity contribution >= 4 is 28.1 Å². The third-order valence-electron chi connectivity index (χ3n) is 2.74. The molecule has 0 aliphatic carbocycles. The van der Waals surface area contributed by atoms with Gasteiger partial charge in [-0.3, -0.25) is 4.21 Å². The second kappa shape index (κ2) is 5.72. The van der Waals surface area contributed by atoms with Gasteiger partial charge in [-0.05, 0) is 42.3 Å². The highest BCUT2D eigenvalue weighted by atomic mass is 35.5.